The summed E-state index contributed by atoms with van der Waals surface area (Å²) in [4.78, 5) is 33.9. The Labute approximate surface area is 208 Å². The van der Waals surface area contributed by atoms with Gasteiger partial charge in [0.25, 0.3) is 5.56 Å². The van der Waals surface area contributed by atoms with E-state index in [4.69, 9.17) is 9.72 Å². The van der Waals surface area contributed by atoms with Crippen LogP contribution < -0.4 is 10.9 Å². The molecule has 1 fully saturated rings. The molecule has 2 unspecified atom stereocenters. The Bertz CT molecular complexity index is 1290. The topological polar surface area (TPSA) is 73.2 Å². The molecule has 2 atom stereocenters. The number of amides is 1. The molecule has 0 saturated carbocycles. The van der Waals surface area contributed by atoms with Gasteiger partial charge in [-0.3, -0.25) is 14.2 Å². The van der Waals surface area contributed by atoms with E-state index in [1.54, 1.807) is 15.9 Å². The van der Waals surface area contributed by atoms with Gasteiger partial charge in [0.2, 0.25) is 5.91 Å². The molecule has 1 N–H and O–H groups in total. The fourth-order valence-corrected chi connectivity index (χ4v) is 7.08. The van der Waals surface area contributed by atoms with Crippen molar-refractivity contribution in [3.8, 4) is 0 Å². The molecule has 5 rings (SSSR count). The van der Waals surface area contributed by atoms with Crippen molar-refractivity contribution in [3.63, 3.8) is 0 Å². The zero-order valence-corrected chi connectivity index (χ0v) is 21.6. The second kappa shape index (κ2) is 9.84. The van der Waals surface area contributed by atoms with Crippen molar-refractivity contribution in [2.45, 2.75) is 82.4 Å². The van der Waals surface area contributed by atoms with Gasteiger partial charge >= 0.3 is 0 Å². The zero-order valence-electron chi connectivity index (χ0n) is 20.0. The number of thiophene rings is 1. The second-order valence-electron chi connectivity index (χ2n) is 9.40. The lowest BCUT2D eigenvalue weighted by Crippen LogP contribution is -2.30. The summed E-state index contributed by atoms with van der Waals surface area (Å²) in [5.74, 6) is -0.0968. The maximum Gasteiger partial charge on any atom is 0.263 e. The van der Waals surface area contributed by atoms with Crippen LogP contribution in [0, 0.1) is 13.8 Å². The number of thioether (sulfide) groups is 1. The second-order valence-corrected chi connectivity index (χ2v) is 11.8. The van der Waals surface area contributed by atoms with Crippen LogP contribution in [-0.2, 0) is 28.9 Å². The van der Waals surface area contributed by atoms with Crippen LogP contribution in [0.5, 0.6) is 0 Å². The van der Waals surface area contributed by atoms with Crippen molar-refractivity contribution in [2.75, 3.05) is 11.9 Å². The number of carbonyl (C=O) groups excluding carboxylic acids is 1. The number of hydrogen-bond acceptors (Lipinski definition) is 6. The predicted molar refractivity (Wildman–Crippen MR) is 139 cm³/mol. The van der Waals surface area contributed by atoms with Gasteiger partial charge in [-0.05, 0) is 76.5 Å². The van der Waals surface area contributed by atoms with Crippen LogP contribution >= 0.6 is 23.1 Å². The molecule has 0 bridgehead atoms. The van der Waals surface area contributed by atoms with E-state index in [-0.39, 0.29) is 17.6 Å². The van der Waals surface area contributed by atoms with E-state index in [1.165, 1.54) is 28.6 Å². The van der Waals surface area contributed by atoms with Crippen molar-refractivity contribution < 1.29 is 9.53 Å². The van der Waals surface area contributed by atoms with Crippen molar-refractivity contribution >= 4 is 44.9 Å². The number of hydrogen-bond donors (Lipinski definition) is 1. The molecule has 3 aromatic rings. The minimum absolute atomic E-state index is 0.0180. The summed E-state index contributed by atoms with van der Waals surface area (Å²) >= 11 is 3.01. The molecule has 0 radical (unpaired) electrons. The molecule has 34 heavy (non-hydrogen) atoms. The smallest absolute Gasteiger partial charge is 0.263 e. The summed E-state index contributed by atoms with van der Waals surface area (Å²) in [7, 11) is 0. The maximum absolute atomic E-state index is 13.7. The van der Waals surface area contributed by atoms with Crippen molar-refractivity contribution in [1.82, 2.24) is 9.55 Å². The van der Waals surface area contributed by atoms with Gasteiger partial charge in [0.15, 0.2) is 5.16 Å². The van der Waals surface area contributed by atoms with Gasteiger partial charge in [0.1, 0.15) is 4.83 Å². The summed E-state index contributed by atoms with van der Waals surface area (Å²) in [5, 5.41) is 4.03. The number of fused-ring (bicyclic) bond motifs is 3. The molecule has 8 heteroatoms. The van der Waals surface area contributed by atoms with Gasteiger partial charge in [-0.15, -0.1) is 11.3 Å². The zero-order chi connectivity index (χ0) is 23.8. The minimum atomic E-state index is -0.407. The summed E-state index contributed by atoms with van der Waals surface area (Å²) in [6.45, 7) is 7.12. The molecular formula is C26H31N3O3S2. The Kier molecular flexibility index (Phi) is 6.82. The standard InChI is InChI=1S/C26H31N3O3S2/c1-15-10-11-20(16(2)13-15)27-23(30)17(3)33-26-28-24-22(19-8-4-5-9-21(19)34-24)25(31)29(26)14-18-7-6-12-32-18/h10-11,13,17-18H,4-9,12,14H2,1-3H3,(H,27,30). The van der Waals surface area contributed by atoms with E-state index in [2.05, 4.69) is 11.4 Å². The molecule has 0 spiro atoms. The quantitative estimate of drug-likeness (QED) is 0.372. The number of ether oxygens (including phenoxy) is 1. The molecule has 6 nitrogen and oxygen atoms in total. The Morgan fingerprint density at radius 2 is 2.12 bits per heavy atom. The van der Waals surface area contributed by atoms with E-state index in [9.17, 15) is 9.59 Å². The Hall–Kier alpha value is -2.16. The SMILES string of the molecule is Cc1ccc(NC(=O)C(C)Sc2nc3sc4c(c3c(=O)n2CC2CCCO2)CCCC4)c(C)c1. The molecule has 1 aliphatic carbocycles. The summed E-state index contributed by atoms with van der Waals surface area (Å²) < 4.78 is 7.62. The van der Waals surface area contributed by atoms with Crippen LogP contribution in [0.25, 0.3) is 10.2 Å². The number of anilines is 1. The summed E-state index contributed by atoms with van der Waals surface area (Å²) in [6, 6.07) is 5.99. The van der Waals surface area contributed by atoms with E-state index in [0.717, 1.165) is 65.7 Å². The summed E-state index contributed by atoms with van der Waals surface area (Å²) in [6.07, 6.45) is 6.24. The van der Waals surface area contributed by atoms with E-state index < -0.39 is 5.25 Å². The lowest BCUT2D eigenvalue weighted by Gasteiger charge is -2.19. The highest BCUT2D eigenvalue weighted by Gasteiger charge is 2.26. The van der Waals surface area contributed by atoms with Crippen molar-refractivity contribution in [1.29, 1.82) is 0 Å². The average molecular weight is 498 g/mol. The third kappa shape index (κ3) is 4.68. The minimum Gasteiger partial charge on any atom is -0.376 e. The van der Waals surface area contributed by atoms with Gasteiger partial charge in [-0.25, -0.2) is 4.98 Å². The average Bonchev–Trinajstić information content (AvgIpc) is 3.45. The molecule has 180 valence electrons. The number of aromatic nitrogens is 2. The fourth-order valence-electron chi connectivity index (χ4n) is 4.86. The fraction of sp³-hybridized carbons (Fsp3) is 0.500. The molecule has 1 saturated heterocycles. The van der Waals surface area contributed by atoms with E-state index in [0.29, 0.717) is 11.7 Å². The van der Waals surface area contributed by atoms with E-state index >= 15 is 0 Å². The number of aryl methyl sites for hydroxylation is 4. The third-order valence-corrected chi connectivity index (χ3v) is 9.02. The van der Waals surface area contributed by atoms with Gasteiger partial charge in [0.05, 0.1) is 23.3 Å². The first-order chi connectivity index (χ1) is 16.4. The molecule has 3 heterocycles. The van der Waals surface area contributed by atoms with Gasteiger partial charge in [0, 0.05) is 17.2 Å². The van der Waals surface area contributed by atoms with Crippen LogP contribution in [0.1, 0.15) is 54.2 Å². The number of carbonyl (C=O) groups is 1. The highest BCUT2D eigenvalue weighted by atomic mass is 32.2. The van der Waals surface area contributed by atoms with Crippen LogP contribution in [0.2, 0.25) is 0 Å². The number of nitrogens with zero attached hydrogens (tertiary/aromatic N) is 2. The van der Waals surface area contributed by atoms with Gasteiger partial charge in [-0.1, -0.05) is 29.5 Å². The molecular weight excluding hydrogens is 466 g/mol. The monoisotopic (exact) mass is 497 g/mol. The first kappa shape index (κ1) is 23.6. The van der Waals surface area contributed by atoms with Crippen molar-refractivity contribution in [3.05, 3.63) is 50.1 Å². The largest absolute Gasteiger partial charge is 0.376 e. The number of benzene rings is 1. The normalized spacial score (nSPS) is 18.7. The first-order valence-corrected chi connectivity index (χ1v) is 13.8. The summed E-state index contributed by atoms with van der Waals surface area (Å²) in [5.41, 5.74) is 4.22. The lowest BCUT2D eigenvalue weighted by atomic mass is 9.97. The number of rotatable bonds is 6. The first-order valence-electron chi connectivity index (χ1n) is 12.1. The van der Waals surface area contributed by atoms with Crippen LogP contribution in [-0.4, -0.2) is 33.4 Å². The van der Waals surface area contributed by atoms with Gasteiger partial charge < -0.3 is 10.1 Å². The highest BCUT2D eigenvalue weighted by Crippen LogP contribution is 2.35. The van der Waals surface area contributed by atoms with E-state index in [1.807, 2.05) is 32.9 Å². The van der Waals surface area contributed by atoms with Gasteiger partial charge in [-0.2, -0.15) is 0 Å². The highest BCUT2D eigenvalue weighted by molar-refractivity contribution is 8.00. The molecule has 1 amide bonds. The maximum atomic E-state index is 13.7. The molecule has 1 aliphatic heterocycles. The Morgan fingerprint density at radius 1 is 1.29 bits per heavy atom. The predicted octanol–water partition coefficient (Wildman–Crippen LogP) is 5.25. The van der Waals surface area contributed by atoms with Crippen LogP contribution in [0.4, 0.5) is 5.69 Å². The van der Waals surface area contributed by atoms with Crippen LogP contribution in [0.15, 0.2) is 28.2 Å². The number of nitrogens with one attached hydrogen (secondary N) is 1. The lowest BCUT2D eigenvalue weighted by molar-refractivity contribution is -0.115. The molecule has 1 aromatic carbocycles. The molecule has 2 aromatic heterocycles. The molecule has 2 aliphatic rings. The van der Waals surface area contributed by atoms with Crippen LogP contribution in [0.3, 0.4) is 0 Å². The Balaban J connectivity index is 1.47. The Morgan fingerprint density at radius 3 is 2.88 bits per heavy atom. The van der Waals surface area contributed by atoms with Crippen molar-refractivity contribution in [2.24, 2.45) is 0 Å². The third-order valence-electron chi connectivity index (χ3n) is 6.74.